The zero-order valence-corrected chi connectivity index (χ0v) is 18.2. The molecule has 2 aromatic heterocycles. The first kappa shape index (κ1) is 21.1. The van der Waals surface area contributed by atoms with E-state index in [1.165, 1.54) is 36.5 Å². The number of hydrogen-bond donors (Lipinski definition) is 1. The fourth-order valence-electron chi connectivity index (χ4n) is 4.80. The number of carbonyl (C=O) groups excluding carboxylic acids is 1. The van der Waals surface area contributed by atoms with Crippen LogP contribution in [0.4, 0.5) is 4.39 Å². The van der Waals surface area contributed by atoms with Crippen molar-refractivity contribution in [2.45, 2.75) is 25.8 Å². The number of aromatic nitrogens is 3. The lowest BCUT2D eigenvalue weighted by Crippen LogP contribution is -2.52. The SMILES string of the molecule is Cc1c(-c2c[nH]n(-c3ccc(C(=O)N4CCN5CCC[C@@H]5C4)cn3)c2=O)ccc(C#N)c1F. The Bertz CT molecular complexity index is 1320. The summed E-state index contributed by atoms with van der Waals surface area (Å²) in [6, 6.07) is 8.46. The van der Waals surface area contributed by atoms with Crippen molar-refractivity contribution in [1.29, 1.82) is 5.26 Å². The minimum Gasteiger partial charge on any atom is -0.336 e. The summed E-state index contributed by atoms with van der Waals surface area (Å²) >= 11 is 0. The van der Waals surface area contributed by atoms with Crippen LogP contribution in [-0.4, -0.2) is 62.7 Å². The Kier molecular flexibility index (Phi) is 5.30. The van der Waals surface area contributed by atoms with E-state index >= 15 is 0 Å². The molecule has 4 heterocycles. The first-order valence-corrected chi connectivity index (χ1v) is 11.0. The van der Waals surface area contributed by atoms with E-state index in [9.17, 15) is 14.0 Å². The van der Waals surface area contributed by atoms with Gasteiger partial charge in [0.15, 0.2) is 5.82 Å². The van der Waals surface area contributed by atoms with Crippen LogP contribution in [0.15, 0.2) is 41.5 Å². The molecule has 2 aliphatic rings. The van der Waals surface area contributed by atoms with Gasteiger partial charge in [-0.15, -0.1) is 0 Å². The van der Waals surface area contributed by atoms with Crippen molar-refractivity contribution in [1.82, 2.24) is 24.6 Å². The average Bonchev–Trinajstić information content (AvgIpc) is 3.46. The van der Waals surface area contributed by atoms with Crippen molar-refractivity contribution in [3.05, 3.63) is 69.5 Å². The number of hydrogen-bond acceptors (Lipinski definition) is 5. The fourth-order valence-corrected chi connectivity index (χ4v) is 4.80. The molecule has 168 valence electrons. The Hall–Kier alpha value is -3.77. The molecule has 0 radical (unpaired) electrons. The average molecular weight is 446 g/mol. The van der Waals surface area contributed by atoms with Crippen molar-refractivity contribution in [3.8, 4) is 23.0 Å². The largest absolute Gasteiger partial charge is 0.336 e. The van der Waals surface area contributed by atoms with Crippen LogP contribution in [0, 0.1) is 24.1 Å². The van der Waals surface area contributed by atoms with Gasteiger partial charge in [0.1, 0.15) is 11.9 Å². The van der Waals surface area contributed by atoms with E-state index < -0.39 is 11.4 Å². The monoisotopic (exact) mass is 446 g/mol. The number of rotatable bonds is 3. The molecule has 9 heteroatoms. The molecular weight excluding hydrogens is 423 g/mol. The van der Waals surface area contributed by atoms with Gasteiger partial charge in [0.2, 0.25) is 0 Å². The van der Waals surface area contributed by atoms with Crippen molar-refractivity contribution in [3.63, 3.8) is 0 Å². The first-order chi connectivity index (χ1) is 16.0. The van der Waals surface area contributed by atoms with Gasteiger partial charge in [-0.2, -0.15) is 5.26 Å². The summed E-state index contributed by atoms with van der Waals surface area (Å²) in [5.74, 6) is -0.361. The van der Waals surface area contributed by atoms with E-state index in [0.29, 0.717) is 29.5 Å². The molecule has 1 amide bonds. The summed E-state index contributed by atoms with van der Waals surface area (Å²) in [6.07, 6.45) is 5.28. The summed E-state index contributed by atoms with van der Waals surface area (Å²) in [7, 11) is 0. The van der Waals surface area contributed by atoms with Gasteiger partial charge in [-0.1, -0.05) is 6.07 Å². The number of amides is 1. The zero-order chi connectivity index (χ0) is 23.1. The molecule has 1 atom stereocenters. The molecule has 8 nitrogen and oxygen atoms in total. The number of nitriles is 1. The Balaban J connectivity index is 1.38. The van der Waals surface area contributed by atoms with Gasteiger partial charge in [-0.25, -0.2) is 14.1 Å². The normalized spacial score (nSPS) is 18.2. The van der Waals surface area contributed by atoms with Gasteiger partial charge in [0.25, 0.3) is 11.5 Å². The number of halogens is 1. The molecule has 2 aliphatic heterocycles. The highest BCUT2D eigenvalue weighted by Crippen LogP contribution is 2.25. The molecule has 0 unspecified atom stereocenters. The summed E-state index contributed by atoms with van der Waals surface area (Å²) in [5, 5.41) is 11.9. The van der Waals surface area contributed by atoms with Crippen molar-refractivity contribution < 1.29 is 9.18 Å². The summed E-state index contributed by atoms with van der Waals surface area (Å²) in [6.45, 7) is 4.99. The molecule has 0 bridgehead atoms. The predicted octanol–water partition coefficient (Wildman–Crippen LogP) is 2.47. The maximum Gasteiger partial charge on any atom is 0.280 e. The van der Waals surface area contributed by atoms with Crippen LogP contribution in [-0.2, 0) is 0 Å². The molecule has 0 aliphatic carbocycles. The number of carbonyl (C=O) groups is 1. The minimum absolute atomic E-state index is 0.0520. The fraction of sp³-hybridized carbons (Fsp3) is 0.333. The Morgan fingerprint density at radius 3 is 2.82 bits per heavy atom. The minimum atomic E-state index is -0.637. The third-order valence-corrected chi connectivity index (χ3v) is 6.67. The third-order valence-electron chi connectivity index (χ3n) is 6.67. The molecular formula is C24H23FN6O2. The van der Waals surface area contributed by atoms with Gasteiger partial charge in [0.05, 0.1) is 16.7 Å². The summed E-state index contributed by atoms with van der Waals surface area (Å²) in [4.78, 5) is 34.6. The zero-order valence-electron chi connectivity index (χ0n) is 18.2. The molecule has 2 fully saturated rings. The smallest absolute Gasteiger partial charge is 0.280 e. The topological polar surface area (TPSA) is 98.0 Å². The predicted molar refractivity (Wildman–Crippen MR) is 120 cm³/mol. The van der Waals surface area contributed by atoms with Crippen molar-refractivity contribution in [2.24, 2.45) is 0 Å². The van der Waals surface area contributed by atoms with Gasteiger partial charge in [-0.05, 0) is 55.6 Å². The van der Waals surface area contributed by atoms with Gasteiger partial charge >= 0.3 is 0 Å². The molecule has 1 aromatic carbocycles. The molecule has 0 spiro atoms. The molecule has 1 N–H and O–H groups in total. The highest BCUT2D eigenvalue weighted by Gasteiger charge is 2.32. The number of piperazine rings is 1. The number of fused-ring (bicyclic) bond motifs is 1. The van der Waals surface area contributed by atoms with Crippen LogP contribution >= 0.6 is 0 Å². The Morgan fingerprint density at radius 2 is 2.06 bits per heavy atom. The number of aromatic amines is 1. The van der Waals surface area contributed by atoms with Crippen LogP contribution < -0.4 is 5.56 Å². The van der Waals surface area contributed by atoms with Gasteiger partial charge in [-0.3, -0.25) is 19.6 Å². The van der Waals surface area contributed by atoms with E-state index in [2.05, 4.69) is 15.0 Å². The van der Waals surface area contributed by atoms with E-state index in [-0.39, 0.29) is 22.6 Å². The van der Waals surface area contributed by atoms with E-state index in [0.717, 1.165) is 26.1 Å². The molecule has 3 aromatic rings. The molecule has 5 rings (SSSR count). The number of pyridine rings is 1. The molecule has 33 heavy (non-hydrogen) atoms. The van der Waals surface area contributed by atoms with E-state index in [1.54, 1.807) is 24.3 Å². The Morgan fingerprint density at radius 1 is 1.21 bits per heavy atom. The maximum absolute atomic E-state index is 14.4. The highest BCUT2D eigenvalue weighted by molar-refractivity contribution is 5.94. The lowest BCUT2D eigenvalue weighted by molar-refractivity contribution is 0.0571. The van der Waals surface area contributed by atoms with Crippen molar-refractivity contribution >= 4 is 5.91 Å². The first-order valence-electron chi connectivity index (χ1n) is 11.0. The third kappa shape index (κ3) is 3.62. The second-order valence-electron chi connectivity index (χ2n) is 8.53. The summed E-state index contributed by atoms with van der Waals surface area (Å²) < 4.78 is 15.6. The quantitative estimate of drug-likeness (QED) is 0.667. The van der Waals surface area contributed by atoms with Crippen LogP contribution in [0.3, 0.4) is 0 Å². The molecule has 0 saturated carbocycles. The number of nitrogens with one attached hydrogen (secondary N) is 1. The number of nitrogens with zero attached hydrogens (tertiary/aromatic N) is 5. The van der Waals surface area contributed by atoms with Crippen LogP contribution in [0.5, 0.6) is 0 Å². The number of H-pyrrole nitrogens is 1. The van der Waals surface area contributed by atoms with E-state index in [1.807, 2.05) is 4.90 Å². The second kappa shape index (κ2) is 8.30. The van der Waals surface area contributed by atoms with Crippen LogP contribution in [0.2, 0.25) is 0 Å². The lowest BCUT2D eigenvalue weighted by atomic mass is 10.0. The highest BCUT2D eigenvalue weighted by atomic mass is 19.1. The second-order valence-corrected chi connectivity index (χ2v) is 8.53. The van der Waals surface area contributed by atoms with Gasteiger partial charge in [0, 0.05) is 38.1 Å². The standard InChI is InChI=1S/C24H23FN6O2/c1-15-19(6-4-16(11-26)22(15)25)20-13-28-31(24(20)33)21-7-5-17(12-27-21)23(32)30-10-9-29-8-2-3-18(29)14-30/h4-7,12-13,18,28H,2-3,8-10,14H2,1H3/t18-/m1/s1. The maximum atomic E-state index is 14.4. The van der Waals surface area contributed by atoms with E-state index in [4.69, 9.17) is 5.26 Å². The van der Waals surface area contributed by atoms with Gasteiger partial charge < -0.3 is 4.90 Å². The lowest BCUT2D eigenvalue weighted by Gasteiger charge is -2.37. The van der Waals surface area contributed by atoms with Crippen molar-refractivity contribution in [2.75, 3.05) is 26.2 Å². The van der Waals surface area contributed by atoms with Crippen LogP contribution in [0.1, 0.15) is 34.3 Å². The summed E-state index contributed by atoms with van der Waals surface area (Å²) in [5.41, 5.74) is 0.926. The molecule has 2 saturated heterocycles. The number of benzene rings is 1. The Labute approximate surface area is 189 Å². The van der Waals surface area contributed by atoms with Crippen LogP contribution in [0.25, 0.3) is 16.9 Å².